The van der Waals surface area contributed by atoms with Gasteiger partial charge < -0.3 is 9.80 Å². The zero-order valence-corrected chi connectivity index (χ0v) is 20.1. The first-order valence-corrected chi connectivity index (χ1v) is 12.8. The van der Waals surface area contributed by atoms with Crippen LogP contribution in [-0.4, -0.2) is 65.8 Å². The molecule has 0 spiro atoms. The fraction of sp³-hybridized carbons (Fsp3) is 0.333. The van der Waals surface area contributed by atoms with Crippen molar-refractivity contribution in [3.05, 3.63) is 93.2 Å². The van der Waals surface area contributed by atoms with Gasteiger partial charge in [-0.1, -0.05) is 24.3 Å². The van der Waals surface area contributed by atoms with Crippen molar-refractivity contribution in [2.75, 3.05) is 39.3 Å². The van der Waals surface area contributed by atoms with Gasteiger partial charge in [0.25, 0.3) is 5.91 Å². The molecule has 2 amide bonds. The van der Waals surface area contributed by atoms with Gasteiger partial charge in [-0.3, -0.25) is 14.5 Å². The Labute approximate surface area is 207 Å². The number of halogens is 2. The maximum Gasteiger partial charge on any atom is 0.256 e. The number of rotatable bonds is 5. The molecule has 1 atom stereocenters. The highest BCUT2D eigenvalue weighted by atomic mass is 32.1. The van der Waals surface area contributed by atoms with E-state index in [1.807, 2.05) is 6.07 Å². The summed E-state index contributed by atoms with van der Waals surface area (Å²) in [6, 6.07) is 14.7. The van der Waals surface area contributed by atoms with Crippen molar-refractivity contribution in [2.24, 2.45) is 0 Å². The quantitative estimate of drug-likeness (QED) is 0.529. The molecular formula is C27H27F2N3O2S. The molecule has 2 aliphatic heterocycles. The number of carbonyl (C=O) groups is 2. The van der Waals surface area contributed by atoms with E-state index in [9.17, 15) is 18.4 Å². The van der Waals surface area contributed by atoms with E-state index in [4.69, 9.17) is 0 Å². The smallest absolute Gasteiger partial charge is 0.256 e. The molecule has 5 nitrogen and oxygen atoms in total. The molecule has 2 aliphatic rings. The summed E-state index contributed by atoms with van der Waals surface area (Å²) in [7, 11) is 0. The van der Waals surface area contributed by atoms with Crippen LogP contribution in [0, 0.1) is 11.6 Å². The van der Waals surface area contributed by atoms with E-state index in [0.29, 0.717) is 39.1 Å². The van der Waals surface area contributed by atoms with Crippen LogP contribution in [0.5, 0.6) is 0 Å². The Morgan fingerprint density at radius 2 is 1.69 bits per heavy atom. The number of thiophene rings is 1. The average Bonchev–Trinajstić information content (AvgIpc) is 3.36. The van der Waals surface area contributed by atoms with Gasteiger partial charge in [-0.15, -0.1) is 11.3 Å². The minimum absolute atomic E-state index is 0.0390. The highest BCUT2D eigenvalue weighted by Crippen LogP contribution is 2.38. The lowest BCUT2D eigenvalue weighted by atomic mass is 9.93. The minimum Gasteiger partial charge on any atom is -0.339 e. The van der Waals surface area contributed by atoms with Crippen molar-refractivity contribution in [1.29, 1.82) is 0 Å². The predicted molar refractivity (Wildman–Crippen MR) is 131 cm³/mol. The summed E-state index contributed by atoms with van der Waals surface area (Å²) >= 11 is 1.73. The van der Waals surface area contributed by atoms with Crippen molar-refractivity contribution < 1.29 is 18.4 Å². The number of piperazine rings is 1. The number of fused-ring (bicyclic) bond motifs is 1. The van der Waals surface area contributed by atoms with Gasteiger partial charge in [0.2, 0.25) is 5.91 Å². The lowest BCUT2D eigenvalue weighted by Gasteiger charge is -2.38. The minimum atomic E-state index is -0.529. The molecule has 3 heterocycles. The van der Waals surface area contributed by atoms with Gasteiger partial charge in [0.15, 0.2) is 0 Å². The Balaban J connectivity index is 1.20. The summed E-state index contributed by atoms with van der Waals surface area (Å²) < 4.78 is 28.0. The summed E-state index contributed by atoms with van der Waals surface area (Å²) in [6.07, 6.45) is 1.27. The van der Waals surface area contributed by atoms with E-state index in [-0.39, 0.29) is 29.2 Å². The second kappa shape index (κ2) is 10.3. The number of hydrogen-bond acceptors (Lipinski definition) is 4. The molecular weight excluding hydrogens is 468 g/mol. The average molecular weight is 496 g/mol. The molecule has 1 aromatic heterocycles. The third-order valence-corrected chi connectivity index (χ3v) is 7.86. The Morgan fingerprint density at radius 3 is 2.46 bits per heavy atom. The monoisotopic (exact) mass is 495 g/mol. The molecule has 0 N–H and O–H groups in total. The Kier molecular flexibility index (Phi) is 6.92. The largest absolute Gasteiger partial charge is 0.339 e. The molecule has 5 rings (SSSR count). The highest BCUT2D eigenvalue weighted by Gasteiger charge is 2.31. The molecule has 8 heteroatoms. The molecule has 0 radical (unpaired) electrons. The van der Waals surface area contributed by atoms with Crippen LogP contribution in [0.15, 0.2) is 60.0 Å². The van der Waals surface area contributed by atoms with Crippen LogP contribution in [0.1, 0.15) is 38.8 Å². The van der Waals surface area contributed by atoms with Crippen LogP contribution in [0.4, 0.5) is 8.78 Å². The molecule has 3 aromatic rings. The molecule has 0 unspecified atom stereocenters. The van der Waals surface area contributed by atoms with E-state index >= 15 is 0 Å². The normalized spacial score (nSPS) is 18.4. The number of carbonyl (C=O) groups excluding carboxylic acids is 2. The molecule has 1 saturated heterocycles. The summed E-state index contributed by atoms with van der Waals surface area (Å²) in [5.41, 5.74) is 2.16. The van der Waals surface area contributed by atoms with E-state index in [1.165, 1.54) is 28.6 Å². The van der Waals surface area contributed by atoms with Crippen molar-refractivity contribution in [2.45, 2.75) is 18.9 Å². The number of hydrogen-bond donors (Lipinski definition) is 0. The van der Waals surface area contributed by atoms with Gasteiger partial charge in [0.05, 0.1) is 11.6 Å². The van der Waals surface area contributed by atoms with Crippen molar-refractivity contribution in [3.8, 4) is 0 Å². The Bertz CT molecular complexity index is 1220. The van der Waals surface area contributed by atoms with Crippen LogP contribution < -0.4 is 0 Å². The van der Waals surface area contributed by atoms with Gasteiger partial charge in [0, 0.05) is 50.6 Å². The maximum absolute atomic E-state index is 14.0. The van der Waals surface area contributed by atoms with Crippen LogP contribution in [0.3, 0.4) is 0 Å². The van der Waals surface area contributed by atoms with Crippen molar-refractivity contribution >= 4 is 23.2 Å². The SMILES string of the molecule is O=C(CCN1CCc2sccc2[C@H]1c1cccc(F)c1)N1CCN(C(=O)c2ccccc2F)CC1. The van der Waals surface area contributed by atoms with Crippen molar-refractivity contribution in [1.82, 2.24) is 14.7 Å². The van der Waals surface area contributed by atoms with Crippen molar-refractivity contribution in [3.63, 3.8) is 0 Å². The topological polar surface area (TPSA) is 43.9 Å². The molecule has 0 bridgehead atoms. The first-order chi connectivity index (χ1) is 17.0. The van der Waals surface area contributed by atoms with Gasteiger partial charge >= 0.3 is 0 Å². The summed E-state index contributed by atoms with van der Waals surface area (Å²) in [6.45, 7) is 3.01. The molecule has 0 saturated carbocycles. The number of benzene rings is 2. The lowest BCUT2D eigenvalue weighted by Crippen LogP contribution is -2.51. The summed E-state index contributed by atoms with van der Waals surface area (Å²) in [4.78, 5) is 32.6. The second-order valence-corrected chi connectivity index (χ2v) is 9.95. The fourth-order valence-corrected chi connectivity index (χ4v) is 5.94. The lowest BCUT2D eigenvalue weighted by molar-refractivity contribution is -0.133. The highest BCUT2D eigenvalue weighted by molar-refractivity contribution is 7.10. The third-order valence-electron chi connectivity index (χ3n) is 6.87. The standard InChI is InChI=1S/C27H27F2N3O2S/c28-20-5-3-4-19(18-20)26-22-10-17-35-24(22)8-11-31(26)12-9-25(33)30-13-15-32(16-14-30)27(34)21-6-1-2-7-23(21)29/h1-7,10,17-18,26H,8-9,11-16H2/t26-/m1/s1. The first kappa shape index (κ1) is 23.6. The zero-order chi connectivity index (χ0) is 24.4. The van der Waals surface area contributed by atoms with Crippen LogP contribution >= 0.6 is 11.3 Å². The van der Waals surface area contributed by atoms with E-state index in [0.717, 1.165) is 18.5 Å². The van der Waals surface area contributed by atoms with Gasteiger partial charge in [-0.05, 0) is 53.3 Å². The van der Waals surface area contributed by atoms with E-state index < -0.39 is 5.82 Å². The molecule has 182 valence electrons. The van der Waals surface area contributed by atoms with Crippen LogP contribution in [-0.2, 0) is 11.2 Å². The van der Waals surface area contributed by atoms with E-state index in [2.05, 4.69) is 16.3 Å². The zero-order valence-electron chi connectivity index (χ0n) is 19.3. The van der Waals surface area contributed by atoms with E-state index in [1.54, 1.807) is 45.4 Å². The molecule has 35 heavy (non-hydrogen) atoms. The Hall–Kier alpha value is -3.10. The van der Waals surface area contributed by atoms with Crippen LogP contribution in [0.2, 0.25) is 0 Å². The fourth-order valence-electron chi connectivity index (χ4n) is 5.04. The van der Waals surface area contributed by atoms with Gasteiger partial charge in [-0.2, -0.15) is 0 Å². The summed E-state index contributed by atoms with van der Waals surface area (Å²) in [5, 5.41) is 2.08. The summed E-state index contributed by atoms with van der Waals surface area (Å²) in [5.74, 6) is -1.09. The number of nitrogens with zero attached hydrogens (tertiary/aromatic N) is 3. The molecule has 0 aliphatic carbocycles. The van der Waals surface area contributed by atoms with Gasteiger partial charge in [0.1, 0.15) is 11.6 Å². The number of amides is 2. The van der Waals surface area contributed by atoms with Crippen LogP contribution in [0.25, 0.3) is 0 Å². The predicted octanol–water partition coefficient (Wildman–Crippen LogP) is 4.35. The van der Waals surface area contributed by atoms with Gasteiger partial charge in [-0.25, -0.2) is 8.78 Å². The molecule has 2 aromatic carbocycles. The molecule has 1 fully saturated rings. The third kappa shape index (κ3) is 4.99. The maximum atomic E-state index is 14.0. The second-order valence-electron chi connectivity index (χ2n) is 8.95. The Morgan fingerprint density at radius 1 is 0.914 bits per heavy atom. The first-order valence-electron chi connectivity index (χ1n) is 11.9.